The smallest absolute Gasteiger partial charge is 0.258 e. The monoisotopic (exact) mass is 354 g/mol. The van der Waals surface area contributed by atoms with Crippen LogP contribution in [0.3, 0.4) is 0 Å². The molecule has 136 valence electrons. The minimum absolute atomic E-state index is 0.106. The van der Waals surface area contributed by atoms with E-state index < -0.39 is 0 Å². The van der Waals surface area contributed by atoms with Crippen LogP contribution in [-0.4, -0.2) is 37.8 Å². The summed E-state index contributed by atoms with van der Waals surface area (Å²) >= 11 is 0. The summed E-state index contributed by atoms with van der Waals surface area (Å²) < 4.78 is 6.55. The van der Waals surface area contributed by atoms with E-state index in [0.29, 0.717) is 24.6 Å². The van der Waals surface area contributed by atoms with Crippen molar-refractivity contribution in [2.75, 3.05) is 12.4 Å². The van der Waals surface area contributed by atoms with Crippen molar-refractivity contribution < 1.29 is 9.32 Å². The van der Waals surface area contributed by atoms with E-state index in [4.69, 9.17) is 4.52 Å². The molecule has 0 aliphatic heterocycles. The Bertz CT molecular complexity index is 858. The second kappa shape index (κ2) is 7.92. The fourth-order valence-corrected chi connectivity index (χ4v) is 2.67. The lowest BCUT2D eigenvalue weighted by Gasteiger charge is -2.23. The van der Waals surface area contributed by atoms with Gasteiger partial charge in [0.1, 0.15) is 18.3 Å². The fourth-order valence-electron chi connectivity index (χ4n) is 2.67. The third-order valence-electron chi connectivity index (χ3n) is 4.31. The van der Waals surface area contributed by atoms with Crippen molar-refractivity contribution in [1.82, 2.24) is 24.8 Å². The first kappa shape index (κ1) is 17.8. The number of rotatable bonds is 7. The Morgan fingerprint density at radius 3 is 2.96 bits per heavy atom. The van der Waals surface area contributed by atoms with Crippen molar-refractivity contribution in [1.29, 1.82) is 0 Å². The van der Waals surface area contributed by atoms with Crippen molar-refractivity contribution in [3.8, 4) is 0 Å². The highest BCUT2D eigenvalue weighted by atomic mass is 16.5. The zero-order valence-electron chi connectivity index (χ0n) is 15.1. The highest BCUT2D eigenvalue weighted by molar-refractivity contribution is 6.03. The van der Waals surface area contributed by atoms with Crippen molar-refractivity contribution in [3.63, 3.8) is 0 Å². The van der Waals surface area contributed by atoms with Crippen LogP contribution >= 0.6 is 0 Å². The molecule has 0 aliphatic rings. The van der Waals surface area contributed by atoms with E-state index >= 15 is 0 Å². The summed E-state index contributed by atoms with van der Waals surface area (Å²) in [6.07, 6.45) is 3.00. The number of anilines is 1. The number of nitrogens with one attached hydrogen (secondary N) is 1. The Labute approximate surface area is 151 Å². The van der Waals surface area contributed by atoms with Crippen molar-refractivity contribution >= 4 is 11.9 Å². The lowest BCUT2D eigenvalue weighted by Crippen LogP contribution is -2.22. The van der Waals surface area contributed by atoms with Gasteiger partial charge in [-0.15, -0.1) is 0 Å². The van der Waals surface area contributed by atoms with Crippen LogP contribution in [0.4, 0.5) is 5.95 Å². The molecule has 8 heteroatoms. The molecule has 0 spiro atoms. The summed E-state index contributed by atoms with van der Waals surface area (Å²) in [6.45, 7) is 5.32. The maximum absolute atomic E-state index is 12.5. The summed E-state index contributed by atoms with van der Waals surface area (Å²) in [7, 11) is 2.01. The normalized spacial score (nSPS) is 12.3. The van der Waals surface area contributed by atoms with Crippen LogP contribution < -0.4 is 5.32 Å². The Morgan fingerprint density at radius 1 is 1.38 bits per heavy atom. The number of amides is 1. The van der Waals surface area contributed by atoms with E-state index in [0.717, 1.165) is 11.3 Å². The van der Waals surface area contributed by atoms with Gasteiger partial charge < -0.3 is 4.52 Å². The highest BCUT2D eigenvalue weighted by Gasteiger charge is 2.16. The van der Waals surface area contributed by atoms with Gasteiger partial charge in [0.2, 0.25) is 5.95 Å². The molecule has 1 N–H and O–H groups in total. The number of carbonyl (C=O) groups is 1. The lowest BCUT2D eigenvalue weighted by molar-refractivity contribution is 0.102. The molecule has 0 saturated carbocycles. The van der Waals surface area contributed by atoms with E-state index in [1.54, 1.807) is 17.0 Å². The van der Waals surface area contributed by atoms with Gasteiger partial charge in [0, 0.05) is 24.7 Å². The number of aryl methyl sites for hydroxylation is 1. The molecule has 26 heavy (non-hydrogen) atoms. The zero-order chi connectivity index (χ0) is 18.5. The van der Waals surface area contributed by atoms with Gasteiger partial charge in [0.05, 0.1) is 6.04 Å². The molecule has 1 atom stereocenters. The number of nitrogens with zero attached hydrogens (tertiary/aromatic N) is 5. The first-order valence-corrected chi connectivity index (χ1v) is 8.47. The molecular formula is C18H22N6O2. The maximum atomic E-state index is 12.5. The molecule has 3 rings (SSSR count). The topological polar surface area (TPSA) is 89.1 Å². The summed E-state index contributed by atoms with van der Waals surface area (Å²) in [5.74, 6) is 0.237. The molecule has 0 bridgehead atoms. The van der Waals surface area contributed by atoms with Crippen molar-refractivity contribution in [2.45, 2.75) is 33.0 Å². The lowest BCUT2D eigenvalue weighted by atomic mass is 10.1. The van der Waals surface area contributed by atoms with Crippen LogP contribution in [0.2, 0.25) is 0 Å². The van der Waals surface area contributed by atoms with Gasteiger partial charge in [-0.1, -0.05) is 17.3 Å². The van der Waals surface area contributed by atoms with Gasteiger partial charge in [0.25, 0.3) is 5.91 Å². The SMILES string of the molecule is CCn1ncnc1NC(=O)c1cccc(CN(C)[C@@H](C)c2ccon2)c1. The van der Waals surface area contributed by atoms with Gasteiger partial charge >= 0.3 is 0 Å². The number of hydrogen-bond donors (Lipinski definition) is 1. The zero-order valence-corrected chi connectivity index (χ0v) is 15.1. The average Bonchev–Trinajstić information content (AvgIpc) is 3.33. The molecule has 0 saturated heterocycles. The fraction of sp³-hybridized carbons (Fsp3) is 0.333. The van der Waals surface area contributed by atoms with E-state index in [1.165, 1.54) is 6.33 Å². The van der Waals surface area contributed by atoms with E-state index in [1.807, 2.05) is 38.2 Å². The van der Waals surface area contributed by atoms with Gasteiger partial charge in [-0.05, 0) is 38.6 Å². The second-order valence-electron chi connectivity index (χ2n) is 6.07. The van der Waals surface area contributed by atoms with Crippen LogP contribution in [0.15, 0.2) is 47.4 Å². The van der Waals surface area contributed by atoms with Crippen LogP contribution in [0.5, 0.6) is 0 Å². The number of aromatic nitrogens is 4. The molecule has 8 nitrogen and oxygen atoms in total. The minimum atomic E-state index is -0.207. The molecule has 0 aliphatic carbocycles. The van der Waals surface area contributed by atoms with Crippen LogP contribution in [0.1, 0.15) is 41.5 Å². The van der Waals surface area contributed by atoms with E-state index in [9.17, 15) is 4.79 Å². The highest BCUT2D eigenvalue weighted by Crippen LogP contribution is 2.19. The van der Waals surface area contributed by atoms with E-state index in [-0.39, 0.29) is 11.9 Å². The molecule has 1 amide bonds. The summed E-state index contributed by atoms with van der Waals surface area (Å²) in [6, 6.07) is 9.50. The Kier molecular flexibility index (Phi) is 5.43. The number of carbonyl (C=O) groups excluding carboxylic acids is 1. The second-order valence-corrected chi connectivity index (χ2v) is 6.07. The Balaban J connectivity index is 1.68. The first-order valence-electron chi connectivity index (χ1n) is 8.47. The van der Waals surface area contributed by atoms with Crippen LogP contribution in [0.25, 0.3) is 0 Å². The summed E-state index contributed by atoms with van der Waals surface area (Å²) in [4.78, 5) is 18.7. The summed E-state index contributed by atoms with van der Waals surface area (Å²) in [5.41, 5.74) is 2.49. The molecule has 1 aromatic carbocycles. The Hall–Kier alpha value is -3.00. The van der Waals surface area contributed by atoms with Gasteiger partial charge in [-0.2, -0.15) is 10.1 Å². The van der Waals surface area contributed by atoms with Crippen molar-refractivity contribution in [2.24, 2.45) is 0 Å². The van der Waals surface area contributed by atoms with Gasteiger partial charge in [-0.3, -0.25) is 15.0 Å². The average molecular weight is 354 g/mol. The standard InChI is InChI=1S/C18H22N6O2/c1-4-24-18(19-12-20-24)21-17(25)15-7-5-6-14(10-15)11-23(3)13(2)16-8-9-26-22-16/h5-10,12-13H,4,11H2,1-3H3,(H,19,20,21,25)/t13-/m0/s1. The molecule has 0 unspecified atom stereocenters. The van der Waals surface area contributed by atoms with Crippen molar-refractivity contribution in [3.05, 3.63) is 59.7 Å². The molecule has 0 radical (unpaired) electrons. The maximum Gasteiger partial charge on any atom is 0.258 e. The molecular weight excluding hydrogens is 332 g/mol. The Morgan fingerprint density at radius 2 is 2.23 bits per heavy atom. The predicted octanol–water partition coefficient (Wildman–Crippen LogP) is 2.73. The predicted molar refractivity (Wildman–Crippen MR) is 96.5 cm³/mol. The molecule has 3 aromatic rings. The molecule has 2 heterocycles. The quantitative estimate of drug-likeness (QED) is 0.702. The van der Waals surface area contributed by atoms with E-state index in [2.05, 4.69) is 32.4 Å². The van der Waals surface area contributed by atoms with Crippen LogP contribution in [0, 0.1) is 0 Å². The molecule has 2 aromatic heterocycles. The third-order valence-corrected chi connectivity index (χ3v) is 4.31. The third kappa shape index (κ3) is 3.97. The number of benzene rings is 1. The number of hydrogen-bond acceptors (Lipinski definition) is 6. The first-order chi connectivity index (χ1) is 12.6. The van der Waals surface area contributed by atoms with Gasteiger partial charge in [0.15, 0.2) is 0 Å². The minimum Gasteiger partial charge on any atom is -0.364 e. The molecule has 0 fully saturated rings. The van der Waals surface area contributed by atoms with Crippen LogP contribution in [-0.2, 0) is 13.1 Å². The summed E-state index contributed by atoms with van der Waals surface area (Å²) in [5, 5.41) is 10.8. The largest absolute Gasteiger partial charge is 0.364 e. The van der Waals surface area contributed by atoms with Gasteiger partial charge in [-0.25, -0.2) is 4.68 Å².